The third-order valence-electron chi connectivity index (χ3n) is 4.36. The second-order valence-electron chi connectivity index (χ2n) is 5.54. The number of nitrogens with one attached hydrogen (secondary N) is 1. The number of allylic oxidation sites excluding steroid dienone is 2. The summed E-state index contributed by atoms with van der Waals surface area (Å²) in [5.74, 6) is -1.89. The third-order valence-corrected chi connectivity index (χ3v) is 4.36. The van der Waals surface area contributed by atoms with Gasteiger partial charge in [-0.1, -0.05) is 42.5 Å². The Kier molecular flexibility index (Phi) is 3.30. The van der Waals surface area contributed by atoms with E-state index >= 15 is 0 Å². The minimum Gasteiger partial charge on any atom is -0.481 e. The summed E-state index contributed by atoms with van der Waals surface area (Å²) in [6, 6.07) is 9.64. The highest BCUT2D eigenvalue weighted by atomic mass is 16.4. The van der Waals surface area contributed by atoms with Gasteiger partial charge < -0.3 is 10.4 Å². The summed E-state index contributed by atoms with van der Waals surface area (Å²) >= 11 is 0. The molecule has 4 nitrogen and oxygen atoms in total. The molecule has 0 aliphatic heterocycles. The zero-order valence-corrected chi connectivity index (χ0v) is 11.0. The number of carbonyl (C=O) groups is 2. The van der Waals surface area contributed by atoms with Crippen molar-refractivity contribution in [3.63, 3.8) is 0 Å². The molecular weight excluding hydrogens is 254 g/mol. The number of carbonyl (C=O) groups excluding carboxylic acids is 1. The van der Waals surface area contributed by atoms with E-state index in [1.807, 2.05) is 42.5 Å². The standard InChI is InChI=1S/C16H17NO3/c18-15(17-9-10-4-2-1-3-5-10)13-11-6-7-12(8-11)14(13)16(19)20/h1-7,11-14H,8-9H2,(H,17,18)(H,19,20)/t11-,12-,13+,14+/m0/s1. The fourth-order valence-corrected chi connectivity index (χ4v) is 3.42. The summed E-state index contributed by atoms with van der Waals surface area (Å²) in [5, 5.41) is 12.2. The second kappa shape index (κ2) is 5.12. The van der Waals surface area contributed by atoms with E-state index in [4.69, 9.17) is 0 Å². The molecule has 2 aliphatic rings. The van der Waals surface area contributed by atoms with Gasteiger partial charge in [-0.25, -0.2) is 0 Å². The zero-order valence-electron chi connectivity index (χ0n) is 11.0. The van der Waals surface area contributed by atoms with Gasteiger partial charge in [0, 0.05) is 6.54 Å². The molecule has 1 fully saturated rings. The maximum absolute atomic E-state index is 12.3. The van der Waals surface area contributed by atoms with Crippen LogP contribution in [0, 0.1) is 23.7 Å². The molecule has 4 heteroatoms. The van der Waals surface area contributed by atoms with Crippen molar-refractivity contribution in [3.05, 3.63) is 48.0 Å². The summed E-state index contributed by atoms with van der Waals surface area (Å²) in [4.78, 5) is 23.7. The fourth-order valence-electron chi connectivity index (χ4n) is 3.42. The van der Waals surface area contributed by atoms with Crippen LogP contribution in [0.3, 0.4) is 0 Å². The molecule has 0 heterocycles. The number of fused-ring (bicyclic) bond motifs is 2. The lowest BCUT2D eigenvalue weighted by Gasteiger charge is -2.23. The summed E-state index contributed by atoms with van der Waals surface area (Å²) in [5.41, 5.74) is 1.02. The van der Waals surface area contributed by atoms with E-state index in [-0.39, 0.29) is 17.7 Å². The molecule has 2 aliphatic carbocycles. The molecule has 1 aromatic carbocycles. The Bertz CT molecular complexity index is 552. The average molecular weight is 271 g/mol. The largest absolute Gasteiger partial charge is 0.481 e. The van der Waals surface area contributed by atoms with Crippen molar-refractivity contribution < 1.29 is 14.7 Å². The van der Waals surface area contributed by atoms with Gasteiger partial charge in [0.1, 0.15) is 0 Å². The molecule has 3 rings (SSSR count). The van der Waals surface area contributed by atoms with E-state index < -0.39 is 17.8 Å². The molecule has 1 amide bonds. The van der Waals surface area contributed by atoms with E-state index in [0.29, 0.717) is 6.54 Å². The first kappa shape index (κ1) is 12.9. The molecule has 1 aromatic rings. The van der Waals surface area contributed by atoms with Crippen LogP contribution in [0.1, 0.15) is 12.0 Å². The monoisotopic (exact) mass is 271 g/mol. The van der Waals surface area contributed by atoms with E-state index in [9.17, 15) is 14.7 Å². The minimum absolute atomic E-state index is 0.0185. The molecule has 2 bridgehead atoms. The number of amides is 1. The minimum atomic E-state index is -0.860. The lowest BCUT2D eigenvalue weighted by molar-refractivity contribution is -0.147. The van der Waals surface area contributed by atoms with Crippen molar-refractivity contribution >= 4 is 11.9 Å². The second-order valence-corrected chi connectivity index (χ2v) is 5.54. The molecule has 0 unspecified atom stereocenters. The zero-order chi connectivity index (χ0) is 14.1. The first-order valence-corrected chi connectivity index (χ1v) is 6.89. The van der Waals surface area contributed by atoms with Crippen molar-refractivity contribution in [2.24, 2.45) is 23.7 Å². The lowest BCUT2D eigenvalue weighted by atomic mass is 9.82. The molecule has 2 N–H and O–H groups in total. The van der Waals surface area contributed by atoms with Crippen LogP contribution in [-0.4, -0.2) is 17.0 Å². The van der Waals surface area contributed by atoms with Crippen LogP contribution < -0.4 is 5.32 Å². The normalized spacial score (nSPS) is 30.4. The summed E-state index contributed by atoms with van der Waals surface area (Å²) in [6.07, 6.45) is 4.74. The number of hydrogen-bond donors (Lipinski definition) is 2. The SMILES string of the molecule is O=C(O)[C@H]1[C@H](C(=O)NCc2ccccc2)[C@H]2C=C[C@H]1C2. The van der Waals surface area contributed by atoms with Gasteiger partial charge >= 0.3 is 5.97 Å². The van der Waals surface area contributed by atoms with Crippen LogP contribution in [0.5, 0.6) is 0 Å². The molecule has 0 radical (unpaired) electrons. The van der Waals surface area contributed by atoms with E-state index in [0.717, 1.165) is 12.0 Å². The van der Waals surface area contributed by atoms with Gasteiger partial charge in [0.2, 0.25) is 5.91 Å². The van der Waals surface area contributed by atoms with E-state index in [1.54, 1.807) is 0 Å². The van der Waals surface area contributed by atoms with Crippen LogP contribution in [-0.2, 0) is 16.1 Å². The summed E-state index contributed by atoms with van der Waals surface area (Å²) < 4.78 is 0. The Morgan fingerprint density at radius 2 is 1.75 bits per heavy atom. The number of carboxylic acid groups (broad SMARTS) is 1. The van der Waals surface area contributed by atoms with Gasteiger partial charge in [-0.15, -0.1) is 0 Å². The van der Waals surface area contributed by atoms with Crippen LogP contribution >= 0.6 is 0 Å². The van der Waals surface area contributed by atoms with Gasteiger partial charge in [-0.2, -0.15) is 0 Å². The summed E-state index contributed by atoms with van der Waals surface area (Å²) in [7, 11) is 0. The van der Waals surface area contributed by atoms with Crippen LogP contribution in [0.2, 0.25) is 0 Å². The number of rotatable bonds is 4. The number of hydrogen-bond acceptors (Lipinski definition) is 2. The predicted molar refractivity (Wildman–Crippen MR) is 73.6 cm³/mol. The van der Waals surface area contributed by atoms with E-state index in [2.05, 4.69) is 5.32 Å². The quantitative estimate of drug-likeness (QED) is 0.821. The third kappa shape index (κ3) is 2.22. The van der Waals surface area contributed by atoms with Crippen LogP contribution in [0.25, 0.3) is 0 Å². The topological polar surface area (TPSA) is 66.4 Å². The highest BCUT2D eigenvalue weighted by molar-refractivity contribution is 5.86. The van der Waals surface area contributed by atoms with E-state index in [1.165, 1.54) is 0 Å². The van der Waals surface area contributed by atoms with Crippen molar-refractivity contribution in [1.29, 1.82) is 0 Å². The number of carboxylic acids is 1. The van der Waals surface area contributed by atoms with Crippen molar-refractivity contribution in [3.8, 4) is 0 Å². The highest BCUT2D eigenvalue weighted by Crippen LogP contribution is 2.48. The van der Waals surface area contributed by atoms with Crippen molar-refractivity contribution in [2.75, 3.05) is 0 Å². The maximum atomic E-state index is 12.3. The van der Waals surface area contributed by atoms with Gasteiger partial charge in [-0.05, 0) is 23.8 Å². The van der Waals surface area contributed by atoms with Crippen molar-refractivity contribution in [1.82, 2.24) is 5.32 Å². The molecule has 104 valence electrons. The lowest BCUT2D eigenvalue weighted by Crippen LogP contribution is -2.39. The fraction of sp³-hybridized carbons (Fsp3) is 0.375. The first-order chi connectivity index (χ1) is 9.66. The highest BCUT2D eigenvalue weighted by Gasteiger charge is 2.51. The molecule has 1 saturated carbocycles. The van der Waals surface area contributed by atoms with Crippen LogP contribution in [0.15, 0.2) is 42.5 Å². The van der Waals surface area contributed by atoms with Gasteiger partial charge in [0.05, 0.1) is 11.8 Å². The summed E-state index contributed by atoms with van der Waals surface area (Å²) in [6.45, 7) is 0.448. The number of benzene rings is 1. The molecule has 0 aromatic heterocycles. The Labute approximate surface area is 117 Å². The molecule has 0 spiro atoms. The average Bonchev–Trinajstić information content (AvgIpc) is 3.06. The molecule has 4 atom stereocenters. The van der Waals surface area contributed by atoms with Gasteiger partial charge in [-0.3, -0.25) is 9.59 Å². The van der Waals surface area contributed by atoms with Crippen LogP contribution in [0.4, 0.5) is 0 Å². The van der Waals surface area contributed by atoms with Crippen molar-refractivity contribution in [2.45, 2.75) is 13.0 Å². The Morgan fingerprint density at radius 3 is 2.40 bits per heavy atom. The Hall–Kier alpha value is -2.10. The molecular formula is C16H17NO3. The van der Waals surface area contributed by atoms with Gasteiger partial charge in [0.15, 0.2) is 0 Å². The number of aliphatic carboxylic acids is 1. The smallest absolute Gasteiger partial charge is 0.307 e. The maximum Gasteiger partial charge on any atom is 0.307 e. The Balaban J connectivity index is 1.68. The molecule has 0 saturated heterocycles. The van der Waals surface area contributed by atoms with Gasteiger partial charge in [0.25, 0.3) is 0 Å². The predicted octanol–water partition coefficient (Wildman–Crippen LogP) is 1.83. The molecule has 20 heavy (non-hydrogen) atoms. The first-order valence-electron chi connectivity index (χ1n) is 6.89. The Morgan fingerprint density at radius 1 is 1.10 bits per heavy atom.